The van der Waals surface area contributed by atoms with E-state index < -0.39 is 0 Å². The van der Waals surface area contributed by atoms with Crippen LogP contribution in [-0.2, 0) is 13.1 Å². The Hall–Kier alpha value is -2.85. The summed E-state index contributed by atoms with van der Waals surface area (Å²) < 4.78 is 10.9. The lowest BCUT2D eigenvalue weighted by atomic mass is 10.0. The van der Waals surface area contributed by atoms with Crippen molar-refractivity contribution in [3.8, 4) is 5.75 Å². The van der Waals surface area contributed by atoms with E-state index in [0.29, 0.717) is 18.7 Å². The van der Waals surface area contributed by atoms with Crippen molar-refractivity contribution in [2.45, 2.75) is 26.9 Å². The van der Waals surface area contributed by atoms with Crippen LogP contribution in [0.5, 0.6) is 5.75 Å². The van der Waals surface area contributed by atoms with E-state index in [0.717, 1.165) is 28.8 Å². The summed E-state index contributed by atoms with van der Waals surface area (Å²) >= 11 is 0. The first-order valence-electron chi connectivity index (χ1n) is 9.01. The monoisotopic (exact) mass is 363 g/mol. The first-order chi connectivity index (χ1) is 13.0. The smallest absolute Gasteiger partial charge is 0.336 e. The molecule has 1 heterocycles. The Morgan fingerprint density at radius 3 is 2.48 bits per heavy atom. The van der Waals surface area contributed by atoms with Gasteiger partial charge < -0.3 is 9.15 Å². The van der Waals surface area contributed by atoms with E-state index in [9.17, 15) is 4.79 Å². The van der Waals surface area contributed by atoms with E-state index in [2.05, 4.69) is 36.6 Å². The molecule has 3 rings (SSSR count). The molecule has 0 unspecified atom stereocenters. The van der Waals surface area contributed by atoms with Gasteiger partial charge in [0.2, 0.25) is 0 Å². The summed E-state index contributed by atoms with van der Waals surface area (Å²) in [5, 5.41) is 0.998. The second kappa shape index (κ2) is 8.23. The second-order valence-corrected chi connectivity index (χ2v) is 6.94. The molecule has 3 aromatic rings. The molecule has 2 aromatic carbocycles. The maximum absolute atomic E-state index is 12.0. The van der Waals surface area contributed by atoms with Gasteiger partial charge in [-0.1, -0.05) is 24.8 Å². The van der Waals surface area contributed by atoms with Crippen LogP contribution in [0.4, 0.5) is 0 Å². The number of rotatable bonds is 7. The SMILES string of the molecule is C=CCOc1ccc(CN(C)Cc2cc(=O)oc3cc(C)c(C)cc23)cc1. The van der Waals surface area contributed by atoms with Gasteiger partial charge in [-0.3, -0.25) is 4.90 Å². The third kappa shape index (κ3) is 4.66. The lowest BCUT2D eigenvalue weighted by Gasteiger charge is -2.18. The Labute approximate surface area is 159 Å². The van der Waals surface area contributed by atoms with Crippen molar-refractivity contribution in [1.82, 2.24) is 4.90 Å². The first-order valence-corrected chi connectivity index (χ1v) is 9.01. The van der Waals surface area contributed by atoms with Gasteiger partial charge in [0.1, 0.15) is 17.9 Å². The Morgan fingerprint density at radius 1 is 1.07 bits per heavy atom. The number of nitrogens with zero attached hydrogens (tertiary/aromatic N) is 1. The van der Waals surface area contributed by atoms with Crippen molar-refractivity contribution < 1.29 is 9.15 Å². The van der Waals surface area contributed by atoms with E-state index >= 15 is 0 Å². The zero-order valence-electron chi connectivity index (χ0n) is 16.1. The molecule has 0 saturated heterocycles. The van der Waals surface area contributed by atoms with Crippen molar-refractivity contribution in [2.75, 3.05) is 13.7 Å². The van der Waals surface area contributed by atoms with E-state index in [1.807, 2.05) is 32.2 Å². The summed E-state index contributed by atoms with van der Waals surface area (Å²) in [5.74, 6) is 0.832. The largest absolute Gasteiger partial charge is 0.490 e. The first kappa shape index (κ1) is 18.9. The minimum Gasteiger partial charge on any atom is -0.490 e. The highest BCUT2D eigenvalue weighted by molar-refractivity contribution is 5.81. The highest BCUT2D eigenvalue weighted by Crippen LogP contribution is 2.23. The molecule has 0 aliphatic rings. The topological polar surface area (TPSA) is 42.7 Å². The molecule has 0 fully saturated rings. The summed E-state index contributed by atoms with van der Waals surface area (Å²) in [6.07, 6.45) is 1.73. The molecule has 0 aliphatic carbocycles. The highest BCUT2D eigenvalue weighted by Gasteiger charge is 2.10. The molecule has 0 radical (unpaired) electrons. The van der Waals surface area contributed by atoms with Gasteiger partial charge in [-0.05, 0) is 67.4 Å². The van der Waals surface area contributed by atoms with Gasteiger partial charge in [0.25, 0.3) is 0 Å². The maximum Gasteiger partial charge on any atom is 0.336 e. The van der Waals surface area contributed by atoms with E-state index in [1.165, 1.54) is 11.1 Å². The Balaban J connectivity index is 1.77. The standard InChI is InChI=1S/C23H25NO3/c1-5-10-26-20-8-6-18(7-9-20)14-24(4)15-19-13-23(25)27-22-12-17(3)16(2)11-21(19)22/h5-9,11-13H,1,10,14-15H2,2-4H3. The van der Waals surface area contributed by atoms with Crippen LogP contribution in [0.15, 0.2) is 64.3 Å². The molecule has 0 saturated carbocycles. The number of hydrogen-bond donors (Lipinski definition) is 0. The van der Waals surface area contributed by atoms with Gasteiger partial charge in [-0.15, -0.1) is 0 Å². The lowest BCUT2D eigenvalue weighted by molar-refractivity contribution is 0.319. The molecule has 1 aromatic heterocycles. The molecule has 4 heteroatoms. The molecule has 0 amide bonds. The normalized spacial score (nSPS) is 11.1. The van der Waals surface area contributed by atoms with Crippen molar-refractivity contribution >= 4 is 11.0 Å². The minimum absolute atomic E-state index is 0.308. The molecule has 0 aliphatic heterocycles. The molecule has 4 nitrogen and oxygen atoms in total. The van der Waals surface area contributed by atoms with Crippen molar-refractivity contribution in [2.24, 2.45) is 0 Å². The molecular weight excluding hydrogens is 338 g/mol. The van der Waals surface area contributed by atoms with Gasteiger partial charge in [0.15, 0.2) is 0 Å². The summed E-state index contributed by atoms with van der Waals surface area (Å²) in [4.78, 5) is 14.1. The van der Waals surface area contributed by atoms with Gasteiger partial charge in [0.05, 0.1) is 0 Å². The van der Waals surface area contributed by atoms with Crippen LogP contribution in [0.1, 0.15) is 22.3 Å². The van der Waals surface area contributed by atoms with Gasteiger partial charge in [-0.25, -0.2) is 4.79 Å². The summed E-state index contributed by atoms with van der Waals surface area (Å²) in [5.41, 5.74) is 4.82. The zero-order valence-corrected chi connectivity index (χ0v) is 16.1. The number of benzene rings is 2. The predicted octanol–water partition coefficient (Wildman–Crippen LogP) is 4.61. The third-order valence-corrected chi connectivity index (χ3v) is 4.63. The Bertz CT molecular complexity index is 1000. The maximum atomic E-state index is 12.0. The van der Waals surface area contributed by atoms with Crippen LogP contribution in [0.25, 0.3) is 11.0 Å². The predicted molar refractivity (Wildman–Crippen MR) is 109 cm³/mol. The Kier molecular flexibility index (Phi) is 5.77. The summed E-state index contributed by atoms with van der Waals surface area (Å²) in [6, 6.07) is 13.7. The van der Waals surface area contributed by atoms with E-state index in [1.54, 1.807) is 12.1 Å². The minimum atomic E-state index is -0.308. The zero-order chi connectivity index (χ0) is 19.4. The van der Waals surface area contributed by atoms with Crippen LogP contribution < -0.4 is 10.4 Å². The van der Waals surface area contributed by atoms with Crippen LogP contribution in [0.2, 0.25) is 0 Å². The number of aryl methyl sites for hydroxylation is 2. The fourth-order valence-electron chi connectivity index (χ4n) is 3.12. The van der Waals surface area contributed by atoms with Crippen molar-refractivity contribution in [3.63, 3.8) is 0 Å². The van der Waals surface area contributed by atoms with E-state index in [4.69, 9.17) is 9.15 Å². The number of ether oxygens (including phenoxy) is 1. The highest BCUT2D eigenvalue weighted by atomic mass is 16.5. The van der Waals surface area contributed by atoms with Crippen LogP contribution in [0.3, 0.4) is 0 Å². The number of hydrogen-bond acceptors (Lipinski definition) is 4. The van der Waals surface area contributed by atoms with Crippen molar-refractivity contribution in [1.29, 1.82) is 0 Å². The van der Waals surface area contributed by atoms with Gasteiger partial charge in [0, 0.05) is 24.5 Å². The molecule has 140 valence electrons. The molecule has 0 N–H and O–H groups in total. The van der Waals surface area contributed by atoms with Gasteiger partial charge in [-0.2, -0.15) is 0 Å². The van der Waals surface area contributed by atoms with E-state index in [-0.39, 0.29) is 5.63 Å². The molecule has 0 atom stereocenters. The fourth-order valence-corrected chi connectivity index (χ4v) is 3.12. The van der Waals surface area contributed by atoms with Gasteiger partial charge >= 0.3 is 5.63 Å². The Morgan fingerprint density at radius 2 is 1.78 bits per heavy atom. The molecule has 27 heavy (non-hydrogen) atoms. The van der Waals surface area contributed by atoms with Crippen molar-refractivity contribution in [3.05, 3.63) is 87.8 Å². The van der Waals surface area contributed by atoms with Crippen LogP contribution in [0, 0.1) is 13.8 Å². The second-order valence-electron chi connectivity index (χ2n) is 6.94. The lowest BCUT2D eigenvalue weighted by Crippen LogP contribution is -2.18. The molecule has 0 spiro atoms. The quantitative estimate of drug-likeness (QED) is 0.454. The third-order valence-electron chi connectivity index (χ3n) is 4.63. The molecule has 0 bridgehead atoms. The number of fused-ring (bicyclic) bond motifs is 1. The van der Waals surface area contributed by atoms with Crippen LogP contribution in [-0.4, -0.2) is 18.6 Å². The van der Waals surface area contributed by atoms with Crippen LogP contribution >= 0.6 is 0 Å². The average Bonchev–Trinajstić information content (AvgIpc) is 2.62. The summed E-state index contributed by atoms with van der Waals surface area (Å²) in [6.45, 7) is 9.69. The fraction of sp³-hybridized carbons (Fsp3) is 0.261. The summed E-state index contributed by atoms with van der Waals surface area (Å²) in [7, 11) is 2.05. The molecular formula is C23H25NO3. The average molecular weight is 363 g/mol.